The minimum Gasteiger partial charge on any atom is -0.352 e. The molecule has 4 atom stereocenters. The van der Waals surface area contributed by atoms with Crippen LogP contribution in [0.25, 0.3) is 11.1 Å². The Morgan fingerprint density at radius 2 is 2.03 bits per heavy atom. The number of benzene rings is 1. The molecular weight excluding hydrogens is 412 g/mol. The lowest BCUT2D eigenvalue weighted by Crippen LogP contribution is -2.60. The summed E-state index contributed by atoms with van der Waals surface area (Å²) in [5.41, 5.74) is 7.79. The molecule has 1 aromatic carbocycles. The van der Waals surface area contributed by atoms with Crippen molar-refractivity contribution >= 4 is 16.1 Å². The molecule has 1 heterocycles. The van der Waals surface area contributed by atoms with Gasteiger partial charge in [0.25, 0.3) is 0 Å². The second-order valence-electron chi connectivity index (χ2n) is 9.46. The molecule has 0 radical (unpaired) electrons. The molecule has 3 aliphatic carbocycles. The maximum absolute atomic E-state index is 13.2. The van der Waals surface area contributed by atoms with Crippen molar-refractivity contribution in [1.29, 1.82) is 0 Å². The zero-order valence-corrected chi connectivity index (χ0v) is 18.9. The number of hydrogen-bond donors (Lipinski definition) is 3. The molecule has 5 rings (SSSR count). The summed E-state index contributed by atoms with van der Waals surface area (Å²) in [5.74, 6) is 1.44. The number of nitrogens with one attached hydrogen (secondary N) is 2. The van der Waals surface area contributed by atoms with E-state index in [4.69, 9.17) is 5.73 Å². The van der Waals surface area contributed by atoms with Crippen LogP contribution in [-0.2, 0) is 16.6 Å². The summed E-state index contributed by atoms with van der Waals surface area (Å²) in [6.45, 7) is 6.98. The molecule has 2 aromatic rings. The van der Waals surface area contributed by atoms with E-state index in [1.807, 2.05) is 6.07 Å². The fourth-order valence-corrected chi connectivity index (χ4v) is 6.82. The van der Waals surface area contributed by atoms with Crippen LogP contribution in [0.2, 0.25) is 0 Å². The molecule has 0 aliphatic heterocycles. The van der Waals surface area contributed by atoms with Gasteiger partial charge in [0.2, 0.25) is 10.0 Å². The largest absolute Gasteiger partial charge is 0.352 e. The van der Waals surface area contributed by atoms with Gasteiger partial charge in [-0.3, -0.25) is 4.98 Å². The number of nitrogens with zero attached hydrogens (tertiary/aromatic N) is 1. The number of hydrogen-bond acceptors (Lipinski definition) is 4. The highest BCUT2D eigenvalue weighted by atomic mass is 32.2. The van der Waals surface area contributed by atoms with Crippen molar-refractivity contribution < 1.29 is 13.2 Å². The first kappa shape index (κ1) is 21.8. The van der Waals surface area contributed by atoms with Crippen LogP contribution in [0.1, 0.15) is 39.2 Å². The van der Waals surface area contributed by atoms with Gasteiger partial charge in [-0.15, -0.1) is 0 Å². The molecule has 3 saturated carbocycles. The molecule has 31 heavy (non-hydrogen) atoms. The highest BCUT2D eigenvalue weighted by Gasteiger charge is 2.56. The number of carbonyl (C=O) groups is 1. The Morgan fingerprint density at radius 3 is 2.71 bits per heavy atom. The Balaban J connectivity index is 1.57. The minimum atomic E-state index is -3.66. The van der Waals surface area contributed by atoms with Gasteiger partial charge < -0.3 is 11.1 Å². The Morgan fingerprint density at radius 1 is 1.26 bits per heavy atom. The molecule has 2 amide bonds. The van der Waals surface area contributed by atoms with Crippen molar-refractivity contribution in [3.63, 3.8) is 0 Å². The van der Waals surface area contributed by atoms with E-state index in [9.17, 15) is 13.2 Å². The maximum Gasteiger partial charge on any atom is 0.312 e. The predicted molar refractivity (Wildman–Crippen MR) is 119 cm³/mol. The molecule has 0 spiro atoms. The Hall–Kier alpha value is -2.45. The molecule has 3 aliphatic rings. The first-order valence-corrected chi connectivity index (χ1v) is 12.2. The zero-order valence-electron chi connectivity index (χ0n) is 18.1. The normalized spacial score (nSPS) is 26.7. The van der Waals surface area contributed by atoms with E-state index in [-0.39, 0.29) is 17.5 Å². The van der Waals surface area contributed by atoms with Gasteiger partial charge in [0.05, 0.1) is 4.90 Å². The number of amides is 2. The molecule has 3 fully saturated rings. The van der Waals surface area contributed by atoms with E-state index in [2.05, 4.69) is 35.8 Å². The van der Waals surface area contributed by atoms with Gasteiger partial charge >= 0.3 is 6.03 Å². The molecule has 4 N–H and O–H groups in total. The second-order valence-corrected chi connectivity index (χ2v) is 11.2. The molecular formula is C23H30N4O3S. The maximum atomic E-state index is 13.2. The van der Waals surface area contributed by atoms with E-state index in [1.54, 1.807) is 36.7 Å². The quantitative estimate of drug-likeness (QED) is 0.637. The average Bonchev–Trinajstić information content (AvgIpc) is 2.73. The summed E-state index contributed by atoms with van der Waals surface area (Å²) in [6, 6.07) is 8.01. The van der Waals surface area contributed by atoms with Crippen LogP contribution in [0.15, 0.2) is 47.6 Å². The molecule has 0 saturated heterocycles. The third-order valence-electron chi connectivity index (χ3n) is 7.47. The summed E-state index contributed by atoms with van der Waals surface area (Å²) in [5, 5.41) is 2.56. The highest BCUT2D eigenvalue weighted by Crippen LogP contribution is 2.61. The van der Waals surface area contributed by atoms with Crippen molar-refractivity contribution in [2.75, 3.05) is 0 Å². The first-order chi connectivity index (χ1) is 14.6. The summed E-state index contributed by atoms with van der Waals surface area (Å²) in [7, 11) is -3.66. The zero-order chi connectivity index (χ0) is 22.4. The van der Waals surface area contributed by atoms with E-state index in [0.29, 0.717) is 23.2 Å². The van der Waals surface area contributed by atoms with Crippen LogP contribution < -0.4 is 15.8 Å². The molecule has 0 unspecified atom stereocenters. The molecule has 2 bridgehead atoms. The summed E-state index contributed by atoms with van der Waals surface area (Å²) in [6.07, 6.45) is 5.37. The van der Waals surface area contributed by atoms with Gasteiger partial charge in [0.1, 0.15) is 0 Å². The van der Waals surface area contributed by atoms with Crippen LogP contribution in [-0.4, -0.2) is 25.5 Å². The van der Waals surface area contributed by atoms with E-state index in [0.717, 1.165) is 23.1 Å². The van der Waals surface area contributed by atoms with Crippen LogP contribution >= 0.6 is 0 Å². The minimum absolute atomic E-state index is 0.0401. The van der Waals surface area contributed by atoms with Gasteiger partial charge in [-0.2, -0.15) is 0 Å². The van der Waals surface area contributed by atoms with Gasteiger partial charge in [-0.1, -0.05) is 32.9 Å². The number of nitrogens with two attached hydrogens (primary N) is 1. The van der Waals surface area contributed by atoms with E-state index < -0.39 is 16.1 Å². The summed E-state index contributed by atoms with van der Waals surface area (Å²) >= 11 is 0. The summed E-state index contributed by atoms with van der Waals surface area (Å²) < 4.78 is 29.4. The lowest BCUT2D eigenvalue weighted by Gasteiger charge is -2.62. The Kier molecular flexibility index (Phi) is 5.55. The fourth-order valence-electron chi connectivity index (χ4n) is 5.44. The van der Waals surface area contributed by atoms with Crippen molar-refractivity contribution in [3.05, 3.63) is 48.3 Å². The number of fused-ring (bicyclic) bond motifs is 2. The monoisotopic (exact) mass is 442 g/mol. The van der Waals surface area contributed by atoms with Crippen molar-refractivity contribution in [2.24, 2.45) is 28.9 Å². The highest BCUT2D eigenvalue weighted by molar-refractivity contribution is 7.89. The topological polar surface area (TPSA) is 114 Å². The van der Waals surface area contributed by atoms with Crippen LogP contribution in [0.5, 0.6) is 0 Å². The van der Waals surface area contributed by atoms with E-state index in [1.165, 1.54) is 6.42 Å². The number of urea groups is 1. The van der Waals surface area contributed by atoms with Crippen molar-refractivity contribution in [1.82, 2.24) is 15.0 Å². The lowest BCUT2D eigenvalue weighted by atomic mass is 9.45. The fraction of sp³-hybridized carbons (Fsp3) is 0.478. The van der Waals surface area contributed by atoms with Gasteiger partial charge in [0.15, 0.2) is 0 Å². The van der Waals surface area contributed by atoms with Gasteiger partial charge in [0, 0.05) is 25.0 Å². The SMILES string of the molecule is C[C@@H]1[C@@H](NS(=O)(=O)c2cccc(-c3ccncc3CNC(N)=O)c2)C[C@H]2C[C@@H]1C2(C)C. The molecule has 7 nitrogen and oxygen atoms in total. The standard InChI is InChI=1S/C23H30N4O3S/c1-14-20-10-17(23(20,2)3)11-21(14)27-31(29,30)18-6-4-5-15(9-18)19-7-8-25-12-16(19)13-26-22(24)28/h4-9,12,14,17,20-21,27H,10-11,13H2,1-3H3,(H3,24,26,28)/t14-,17+,20-,21-/m0/s1. The van der Waals surface area contributed by atoms with Crippen molar-refractivity contribution in [3.8, 4) is 11.1 Å². The van der Waals surface area contributed by atoms with Crippen LogP contribution in [0, 0.1) is 23.2 Å². The van der Waals surface area contributed by atoms with Crippen LogP contribution in [0.4, 0.5) is 4.79 Å². The number of pyridine rings is 1. The third-order valence-corrected chi connectivity index (χ3v) is 8.96. The molecule has 166 valence electrons. The van der Waals surface area contributed by atoms with Gasteiger partial charge in [-0.25, -0.2) is 17.9 Å². The number of rotatable bonds is 6. The lowest BCUT2D eigenvalue weighted by molar-refractivity contribution is -0.111. The third kappa shape index (κ3) is 4.06. The molecule has 1 aromatic heterocycles. The number of aromatic nitrogens is 1. The Bertz CT molecular complexity index is 1100. The summed E-state index contributed by atoms with van der Waals surface area (Å²) in [4.78, 5) is 15.4. The van der Waals surface area contributed by atoms with E-state index >= 15 is 0 Å². The molecule has 8 heteroatoms. The smallest absolute Gasteiger partial charge is 0.312 e. The number of sulfonamides is 1. The predicted octanol–water partition coefficient (Wildman–Crippen LogP) is 3.27. The Labute approximate surface area is 183 Å². The van der Waals surface area contributed by atoms with Gasteiger partial charge in [-0.05, 0) is 70.9 Å². The van der Waals surface area contributed by atoms with Crippen LogP contribution in [0.3, 0.4) is 0 Å². The first-order valence-electron chi connectivity index (χ1n) is 10.7. The average molecular weight is 443 g/mol. The second kappa shape index (κ2) is 7.91. The number of primary amides is 1. The number of carbonyl (C=O) groups excluding carboxylic acids is 1. The van der Waals surface area contributed by atoms with Crippen molar-refractivity contribution in [2.45, 2.75) is 51.1 Å².